The van der Waals surface area contributed by atoms with Crippen LogP contribution in [0, 0.1) is 17.3 Å². The van der Waals surface area contributed by atoms with Crippen molar-refractivity contribution in [2.45, 2.75) is 161 Å². The minimum atomic E-state index is -4.50. The van der Waals surface area contributed by atoms with Crippen molar-refractivity contribution in [2.75, 3.05) is 26.0 Å². The number of benzene rings is 2. The zero-order chi connectivity index (χ0) is 58.9. The van der Waals surface area contributed by atoms with Crippen molar-refractivity contribution in [3.63, 3.8) is 0 Å². The first-order valence-corrected chi connectivity index (χ1v) is 27.5. The van der Waals surface area contributed by atoms with Crippen molar-refractivity contribution >= 4 is 75.0 Å². The number of sulfonamides is 1. The van der Waals surface area contributed by atoms with Gasteiger partial charge in [0.05, 0.1) is 17.0 Å². The topological polar surface area (TPSA) is 331 Å². The molecular weight excluding hydrogens is 1030 g/mol. The highest BCUT2D eigenvalue weighted by Crippen LogP contribution is 2.29. The van der Waals surface area contributed by atoms with Crippen LogP contribution in [-0.2, 0) is 63.4 Å². The van der Waals surface area contributed by atoms with Crippen molar-refractivity contribution in [1.29, 1.82) is 0 Å². The number of carbonyl (C=O) groups excluding carboxylic acids is 10. The normalized spacial score (nSPS) is 15.1. The van der Waals surface area contributed by atoms with Gasteiger partial charge in [-0.1, -0.05) is 98.7 Å². The summed E-state index contributed by atoms with van der Waals surface area (Å²) in [5, 5.41) is 16.9. The molecule has 0 bridgehead atoms. The van der Waals surface area contributed by atoms with Crippen molar-refractivity contribution in [3.05, 3.63) is 71.8 Å². The van der Waals surface area contributed by atoms with Gasteiger partial charge in [0.15, 0.2) is 0 Å². The molecule has 1 aliphatic heterocycles. The largest absolute Gasteiger partial charge is 0.352 e. The Balaban J connectivity index is 1.70. The molecule has 0 radical (unpaired) electrons. The van der Waals surface area contributed by atoms with Crippen LogP contribution in [0.4, 0.5) is 10.5 Å². The number of urea groups is 1. The van der Waals surface area contributed by atoms with Crippen LogP contribution in [0.2, 0.25) is 0 Å². The first kappa shape index (κ1) is 65.1. The highest BCUT2D eigenvalue weighted by molar-refractivity contribution is 7.90. The molecule has 1 fully saturated rings. The van der Waals surface area contributed by atoms with Gasteiger partial charge in [-0.2, -0.15) is 0 Å². The van der Waals surface area contributed by atoms with Gasteiger partial charge in [0.25, 0.3) is 27.7 Å². The highest BCUT2D eigenvalue weighted by Gasteiger charge is 2.42. The number of anilines is 1. The number of amides is 10. The van der Waals surface area contributed by atoms with E-state index in [2.05, 4.69) is 36.6 Å². The Morgan fingerprint density at radius 3 is 1.90 bits per heavy atom. The van der Waals surface area contributed by atoms with E-state index in [-0.39, 0.29) is 85.9 Å². The molecule has 0 saturated carbocycles. The van der Waals surface area contributed by atoms with Crippen LogP contribution in [0.1, 0.15) is 126 Å². The molecule has 430 valence electrons. The lowest BCUT2D eigenvalue weighted by atomic mass is 9.76. The third kappa shape index (κ3) is 19.1. The van der Waals surface area contributed by atoms with Gasteiger partial charge in [-0.05, 0) is 86.7 Å². The van der Waals surface area contributed by atoms with Crippen LogP contribution in [-0.4, -0.2) is 128 Å². The molecule has 0 spiro atoms. The fraction of sp³-hybridized carbons (Fsp3) is 0.556. The fourth-order valence-electron chi connectivity index (χ4n) is 8.56. The zero-order valence-electron chi connectivity index (χ0n) is 46.9. The quantitative estimate of drug-likeness (QED) is 0.0345. The van der Waals surface area contributed by atoms with Gasteiger partial charge in [0.1, 0.15) is 18.1 Å². The summed E-state index contributed by atoms with van der Waals surface area (Å²) in [6.07, 6.45) is 1.69. The third-order valence-corrected chi connectivity index (χ3v) is 14.6. The van der Waals surface area contributed by atoms with E-state index < -0.39 is 110 Å². The summed E-state index contributed by atoms with van der Waals surface area (Å²) in [5.41, 5.74) is 4.80. The monoisotopic (exact) mass is 1110 g/mol. The summed E-state index contributed by atoms with van der Waals surface area (Å²) in [7, 11) is -1.26. The van der Waals surface area contributed by atoms with E-state index in [0.29, 0.717) is 5.06 Å². The van der Waals surface area contributed by atoms with Crippen molar-refractivity contribution in [1.82, 2.24) is 41.3 Å². The summed E-state index contributed by atoms with van der Waals surface area (Å²) < 4.78 is 29.2. The lowest BCUT2D eigenvalue weighted by molar-refractivity contribution is -0.197. The summed E-state index contributed by atoms with van der Waals surface area (Å²) in [5.74, 6) is -6.49. The summed E-state index contributed by atoms with van der Waals surface area (Å²) in [4.78, 5) is 135. The van der Waals surface area contributed by atoms with Crippen LogP contribution in [0.5, 0.6) is 0 Å². The maximum absolute atomic E-state index is 14.4. The van der Waals surface area contributed by atoms with Crippen LogP contribution in [0.3, 0.4) is 0 Å². The minimum absolute atomic E-state index is 0.00712. The number of nitrogens with zero attached hydrogens (tertiary/aromatic N) is 2. The highest BCUT2D eigenvalue weighted by atomic mass is 32.2. The van der Waals surface area contributed by atoms with Crippen molar-refractivity contribution < 1.29 is 61.2 Å². The van der Waals surface area contributed by atoms with Crippen LogP contribution in [0.15, 0.2) is 71.1 Å². The van der Waals surface area contributed by atoms with Crippen molar-refractivity contribution in [3.8, 4) is 0 Å². The van der Waals surface area contributed by atoms with Gasteiger partial charge in [0, 0.05) is 56.0 Å². The van der Waals surface area contributed by atoms with E-state index in [1.165, 1.54) is 30.0 Å². The van der Waals surface area contributed by atoms with Gasteiger partial charge >= 0.3 is 12.0 Å². The van der Waals surface area contributed by atoms with Crippen LogP contribution < -0.4 is 42.4 Å². The van der Waals surface area contributed by atoms with E-state index >= 15 is 0 Å². The molecule has 10 amide bonds. The lowest BCUT2D eigenvalue weighted by Gasteiger charge is -2.40. The molecule has 1 aliphatic rings. The Hall–Kier alpha value is -7.21. The molecule has 2 aromatic carbocycles. The van der Waals surface area contributed by atoms with E-state index in [9.17, 15) is 56.4 Å². The van der Waals surface area contributed by atoms with Gasteiger partial charge in [0.2, 0.25) is 29.5 Å². The number of hydrogen-bond acceptors (Lipinski definition) is 14. The molecule has 1 saturated heterocycles. The number of rotatable bonds is 28. The molecule has 1 heterocycles. The molecule has 0 aliphatic carbocycles. The Labute approximate surface area is 457 Å². The second kappa shape index (κ2) is 29.0. The number of nitrogens with two attached hydrogens (primary N) is 1. The Morgan fingerprint density at radius 1 is 0.769 bits per heavy atom. The maximum Gasteiger partial charge on any atom is 0.333 e. The zero-order valence-corrected chi connectivity index (χ0v) is 47.7. The first-order chi connectivity index (χ1) is 36.3. The lowest BCUT2D eigenvalue weighted by Crippen LogP contribution is -2.61. The minimum Gasteiger partial charge on any atom is -0.352 e. The average Bonchev–Trinajstić information content (AvgIpc) is 3.67. The summed E-state index contributed by atoms with van der Waals surface area (Å²) in [6.45, 7) is 17.9. The smallest absolute Gasteiger partial charge is 0.333 e. The predicted octanol–water partition coefficient (Wildman–Crippen LogP) is 3.20. The molecule has 0 aromatic heterocycles. The molecule has 24 heteroatoms. The fourth-order valence-corrected chi connectivity index (χ4v) is 9.58. The van der Waals surface area contributed by atoms with Crippen LogP contribution in [0.25, 0.3) is 0 Å². The molecule has 2 aromatic rings. The number of carbonyl (C=O) groups is 10. The van der Waals surface area contributed by atoms with Gasteiger partial charge < -0.3 is 47.4 Å². The maximum atomic E-state index is 14.4. The van der Waals surface area contributed by atoms with Crippen LogP contribution >= 0.6 is 0 Å². The average molecular weight is 1110 g/mol. The van der Waals surface area contributed by atoms with Crippen molar-refractivity contribution in [2.24, 2.45) is 23.0 Å². The van der Waals surface area contributed by atoms with Gasteiger partial charge in [-0.15, -0.1) is 5.06 Å². The molecule has 5 atom stereocenters. The Morgan fingerprint density at radius 2 is 1.36 bits per heavy atom. The molecule has 78 heavy (non-hydrogen) atoms. The summed E-state index contributed by atoms with van der Waals surface area (Å²) >= 11 is 0. The van der Waals surface area contributed by atoms with E-state index in [4.69, 9.17) is 10.6 Å². The number of imide groups is 1. The molecule has 9 N–H and O–H groups in total. The Kier molecular flexibility index (Phi) is 24.2. The third-order valence-electron chi connectivity index (χ3n) is 13.2. The van der Waals surface area contributed by atoms with Gasteiger partial charge in [-0.25, -0.2) is 22.7 Å². The second-order valence-electron chi connectivity index (χ2n) is 21.6. The number of hydroxylamine groups is 2. The second-order valence-corrected chi connectivity index (χ2v) is 23.3. The standard InChI is InChI=1S/C54H80N10O13S/c1-32(2)39(63(12)51(73)46(53(6,7)8)61-50(72)45(56-11)54(9,10)35-19-14-13-15-20-35)31-34(5)47(69)62-78(75,76)37-26-24-36(25-27-37)58-48(70)38(21-18-30-57-52(55)74)59-49(71)44(33(3)4)60-40(65)22-16-17-23-43(68)77-64-41(66)28-29-42(64)67/h13-15,19-20,24-27,31-33,38-39,44-46,56H,16-18,21-23,28-30H2,1-12H3,(H,58,70)(H,59,71)(H,60,65)(H,61,72)(H,62,69)(H3,55,57,74)/b34-31+/t38-,39+,44-,45+,46+/m0/s1. The molecule has 0 unspecified atom stereocenters. The number of likely N-dealkylation sites (N-methyl/N-ethyl adjacent to an activating group) is 2. The predicted molar refractivity (Wildman–Crippen MR) is 290 cm³/mol. The molecule has 23 nitrogen and oxygen atoms in total. The number of hydrogen-bond donors (Lipinski definition) is 8. The van der Waals surface area contributed by atoms with E-state index in [1.54, 1.807) is 27.9 Å². The summed E-state index contributed by atoms with van der Waals surface area (Å²) in [6, 6.07) is 8.83. The Bertz CT molecular complexity index is 2620. The number of unbranched alkanes of at least 4 members (excludes halogenated alkanes) is 1. The van der Waals surface area contributed by atoms with E-state index in [1.807, 2.05) is 78.8 Å². The first-order valence-electron chi connectivity index (χ1n) is 26.0. The SMILES string of the molecule is CN[C@H](C(=O)N[C@H](C(=O)N(C)[C@H](/C=C(\C)C(=O)NS(=O)(=O)c1ccc(NC(=O)[C@H](CCCNC(N)=O)NC(=O)[C@@H](NC(=O)CCCCC(=O)ON2C(=O)CCC2=O)C(C)C)cc1)C(C)C)C(C)(C)C)C(C)(C)c1ccccc1. The number of nitrogens with one attached hydrogen (secondary N) is 7. The molecular formula is C54H80N10O13S. The molecule has 3 rings (SSSR count). The van der Waals surface area contributed by atoms with Gasteiger partial charge in [-0.3, -0.25) is 38.4 Å². The van der Waals surface area contributed by atoms with E-state index in [0.717, 1.165) is 17.7 Å². The number of primary amides is 1.